The topological polar surface area (TPSA) is 64.1 Å². The lowest BCUT2D eigenvalue weighted by atomic mass is 10.2. The van der Waals surface area contributed by atoms with Crippen molar-refractivity contribution in [3.05, 3.63) is 77.9 Å². The number of allylic oxidation sites excluding steroid dienone is 1. The minimum atomic E-state index is -0.455. The van der Waals surface area contributed by atoms with Crippen molar-refractivity contribution in [3.8, 4) is 5.75 Å². The maximum Gasteiger partial charge on any atom is 0.270 e. The van der Waals surface area contributed by atoms with Crippen LogP contribution in [0.5, 0.6) is 5.75 Å². The molecule has 5 nitrogen and oxygen atoms in total. The smallest absolute Gasteiger partial charge is 0.270 e. The molecule has 30 heavy (non-hydrogen) atoms. The van der Waals surface area contributed by atoms with Gasteiger partial charge in [0, 0.05) is 18.3 Å². The van der Waals surface area contributed by atoms with Gasteiger partial charge in [-0.3, -0.25) is 9.78 Å². The molecule has 0 aliphatic heterocycles. The molecule has 3 aromatic rings. The molecule has 0 unspecified atom stereocenters. The summed E-state index contributed by atoms with van der Waals surface area (Å²) >= 11 is 0. The third-order valence-corrected chi connectivity index (χ3v) is 4.60. The van der Waals surface area contributed by atoms with E-state index in [1.54, 1.807) is 48.7 Å². The van der Waals surface area contributed by atoms with Crippen LogP contribution in [0.15, 0.2) is 60.8 Å². The second kappa shape index (κ2) is 11.0. The number of benzene rings is 1. The molecule has 1 N–H and O–H groups in total. The third-order valence-electron chi connectivity index (χ3n) is 4.60. The zero-order valence-electron chi connectivity index (χ0n) is 17.1. The molecule has 0 aliphatic rings. The summed E-state index contributed by atoms with van der Waals surface area (Å²) in [5.41, 5.74) is 1.97. The molecule has 0 saturated carbocycles. The van der Waals surface area contributed by atoms with E-state index in [1.807, 2.05) is 0 Å². The Morgan fingerprint density at radius 3 is 2.83 bits per heavy atom. The largest absolute Gasteiger partial charge is 0.490 e. The number of nitrogens with one attached hydrogen (secondary N) is 1. The molecular weight excluding hydrogens is 381 g/mol. The number of carbonyl (C=O) groups excluding carboxylic acids is 1. The maximum atomic E-state index is 14.7. The van der Waals surface area contributed by atoms with E-state index in [2.05, 4.69) is 34.4 Å². The van der Waals surface area contributed by atoms with Crippen LogP contribution in [0.3, 0.4) is 0 Å². The normalized spacial score (nSPS) is 11.1. The Morgan fingerprint density at radius 2 is 1.97 bits per heavy atom. The van der Waals surface area contributed by atoms with Gasteiger partial charge < -0.3 is 10.1 Å². The van der Waals surface area contributed by atoms with E-state index in [-0.39, 0.29) is 23.9 Å². The number of amides is 1. The van der Waals surface area contributed by atoms with Crippen LogP contribution in [0.1, 0.15) is 48.7 Å². The summed E-state index contributed by atoms with van der Waals surface area (Å²) in [6.07, 6.45) is 9.99. The Hall–Kier alpha value is -3.28. The highest BCUT2D eigenvalue weighted by atomic mass is 19.1. The monoisotopic (exact) mass is 407 g/mol. The van der Waals surface area contributed by atoms with Crippen LogP contribution in [0.25, 0.3) is 11.0 Å². The number of hydrogen-bond acceptors (Lipinski definition) is 4. The predicted octanol–water partition coefficient (Wildman–Crippen LogP) is 5.21. The summed E-state index contributed by atoms with van der Waals surface area (Å²) in [6, 6.07) is 11.8. The van der Waals surface area contributed by atoms with E-state index < -0.39 is 5.82 Å². The number of fused-ring (bicyclic) bond motifs is 1. The molecule has 3 rings (SSSR count). The molecule has 0 atom stereocenters. The van der Waals surface area contributed by atoms with Crippen molar-refractivity contribution in [2.24, 2.45) is 0 Å². The fourth-order valence-electron chi connectivity index (χ4n) is 2.95. The van der Waals surface area contributed by atoms with Gasteiger partial charge in [0.2, 0.25) is 0 Å². The van der Waals surface area contributed by atoms with Gasteiger partial charge in [-0.05, 0) is 43.2 Å². The van der Waals surface area contributed by atoms with Crippen molar-refractivity contribution in [1.82, 2.24) is 15.3 Å². The molecule has 0 bridgehead atoms. The van der Waals surface area contributed by atoms with Crippen LogP contribution in [-0.2, 0) is 6.54 Å². The number of unbranched alkanes of at least 4 members (excludes halogenated alkanes) is 2. The molecule has 2 aromatic heterocycles. The van der Waals surface area contributed by atoms with E-state index in [4.69, 9.17) is 4.74 Å². The van der Waals surface area contributed by atoms with Crippen molar-refractivity contribution < 1.29 is 13.9 Å². The van der Waals surface area contributed by atoms with Crippen molar-refractivity contribution in [2.75, 3.05) is 6.61 Å². The van der Waals surface area contributed by atoms with Gasteiger partial charge in [-0.25, -0.2) is 9.37 Å². The average Bonchev–Trinajstić information content (AvgIpc) is 2.78. The lowest BCUT2D eigenvalue weighted by molar-refractivity contribution is 0.0946. The lowest BCUT2D eigenvalue weighted by Crippen LogP contribution is -2.24. The second-order valence-corrected chi connectivity index (χ2v) is 6.90. The van der Waals surface area contributed by atoms with Crippen LogP contribution in [0.4, 0.5) is 4.39 Å². The van der Waals surface area contributed by atoms with Gasteiger partial charge in [0.1, 0.15) is 5.69 Å². The number of ether oxygens (including phenoxy) is 1. The van der Waals surface area contributed by atoms with Gasteiger partial charge >= 0.3 is 0 Å². The van der Waals surface area contributed by atoms with E-state index in [0.717, 1.165) is 12.8 Å². The fourth-order valence-corrected chi connectivity index (χ4v) is 2.95. The summed E-state index contributed by atoms with van der Waals surface area (Å²) < 4.78 is 20.3. The van der Waals surface area contributed by atoms with Crippen molar-refractivity contribution in [3.63, 3.8) is 0 Å². The highest BCUT2D eigenvalue weighted by molar-refractivity contribution is 5.94. The molecule has 0 spiro atoms. The van der Waals surface area contributed by atoms with Gasteiger partial charge in [-0.15, -0.1) is 0 Å². The number of halogens is 1. The first-order valence-electron chi connectivity index (χ1n) is 10.2. The molecule has 0 fully saturated rings. The number of hydrogen-bond donors (Lipinski definition) is 1. The molecular formula is C24H26FN3O2. The van der Waals surface area contributed by atoms with Crippen molar-refractivity contribution in [2.45, 2.75) is 39.2 Å². The SMILES string of the molecule is CCCCC=CCCOc1cccc(CNC(=O)c2ccc3ncccc3n2)c1F. The zero-order chi connectivity index (χ0) is 21.2. The first-order chi connectivity index (χ1) is 14.7. The Labute approximate surface area is 176 Å². The lowest BCUT2D eigenvalue weighted by Gasteiger charge is -2.10. The Bertz CT molecular complexity index is 1020. The molecule has 0 radical (unpaired) electrons. The molecule has 0 saturated heterocycles. The standard InChI is InChI=1S/C24H26FN3O2/c1-2-3-4-5-6-7-16-30-22-12-8-10-18(23(22)25)17-27-24(29)21-14-13-19-20(28-21)11-9-15-26-19/h5-6,8-15H,2-4,7,16-17H2,1H3,(H,27,29). The molecule has 1 aromatic carbocycles. The van der Waals surface area contributed by atoms with Crippen LogP contribution in [-0.4, -0.2) is 22.5 Å². The number of aromatic nitrogens is 2. The van der Waals surface area contributed by atoms with E-state index >= 15 is 0 Å². The molecule has 1 amide bonds. The second-order valence-electron chi connectivity index (χ2n) is 6.90. The maximum absolute atomic E-state index is 14.7. The van der Waals surface area contributed by atoms with Gasteiger partial charge in [-0.2, -0.15) is 0 Å². The van der Waals surface area contributed by atoms with Gasteiger partial charge in [0.15, 0.2) is 11.6 Å². The summed E-state index contributed by atoms with van der Waals surface area (Å²) in [5, 5.41) is 2.72. The van der Waals surface area contributed by atoms with Gasteiger partial charge in [0.05, 0.1) is 17.6 Å². The summed E-state index contributed by atoms with van der Waals surface area (Å²) in [7, 11) is 0. The number of nitrogens with zero attached hydrogens (tertiary/aromatic N) is 2. The predicted molar refractivity (Wildman–Crippen MR) is 116 cm³/mol. The first-order valence-corrected chi connectivity index (χ1v) is 10.2. The average molecular weight is 407 g/mol. The molecule has 6 heteroatoms. The Kier molecular flexibility index (Phi) is 7.89. The quantitative estimate of drug-likeness (QED) is 0.370. The van der Waals surface area contributed by atoms with Crippen LogP contribution in [0, 0.1) is 5.82 Å². The number of rotatable bonds is 10. The van der Waals surface area contributed by atoms with Crippen molar-refractivity contribution in [1.29, 1.82) is 0 Å². The molecule has 156 valence electrons. The first kappa shape index (κ1) is 21.4. The zero-order valence-corrected chi connectivity index (χ0v) is 17.1. The molecule has 0 aliphatic carbocycles. The highest BCUT2D eigenvalue weighted by Gasteiger charge is 2.12. The molecule has 2 heterocycles. The minimum Gasteiger partial charge on any atom is -0.490 e. The third kappa shape index (κ3) is 5.86. The Balaban J connectivity index is 1.55. The number of carbonyl (C=O) groups is 1. The van der Waals surface area contributed by atoms with Crippen LogP contribution in [0.2, 0.25) is 0 Å². The minimum absolute atomic E-state index is 0.0472. The van der Waals surface area contributed by atoms with Crippen LogP contribution >= 0.6 is 0 Å². The van der Waals surface area contributed by atoms with Gasteiger partial charge in [0.25, 0.3) is 5.91 Å². The summed E-state index contributed by atoms with van der Waals surface area (Å²) in [5.74, 6) is -0.634. The Morgan fingerprint density at radius 1 is 1.10 bits per heavy atom. The fraction of sp³-hybridized carbons (Fsp3) is 0.292. The van der Waals surface area contributed by atoms with Crippen LogP contribution < -0.4 is 10.1 Å². The van der Waals surface area contributed by atoms with Crippen molar-refractivity contribution >= 4 is 16.9 Å². The number of pyridine rings is 2. The van der Waals surface area contributed by atoms with E-state index in [9.17, 15) is 9.18 Å². The highest BCUT2D eigenvalue weighted by Crippen LogP contribution is 2.21. The summed E-state index contributed by atoms with van der Waals surface area (Å²) in [6.45, 7) is 2.61. The summed E-state index contributed by atoms with van der Waals surface area (Å²) in [4.78, 5) is 20.9. The van der Waals surface area contributed by atoms with E-state index in [1.165, 1.54) is 12.8 Å². The van der Waals surface area contributed by atoms with Gasteiger partial charge in [-0.1, -0.05) is 44.1 Å². The van der Waals surface area contributed by atoms with E-state index in [0.29, 0.717) is 23.2 Å².